The van der Waals surface area contributed by atoms with Crippen molar-refractivity contribution in [1.82, 2.24) is 10.6 Å². The van der Waals surface area contributed by atoms with E-state index in [-0.39, 0.29) is 18.5 Å². The topological polar surface area (TPSA) is 78.4 Å². The number of carboxylic acid groups (broad SMARTS) is 1. The van der Waals surface area contributed by atoms with Crippen LogP contribution < -0.4 is 10.6 Å². The average molecular weight is 282 g/mol. The first-order valence-electron chi connectivity index (χ1n) is 7.81. The van der Waals surface area contributed by atoms with Crippen molar-refractivity contribution in [3.05, 3.63) is 0 Å². The van der Waals surface area contributed by atoms with Crippen molar-refractivity contribution in [2.24, 2.45) is 5.92 Å². The molecule has 5 nitrogen and oxygen atoms in total. The predicted molar refractivity (Wildman–Crippen MR) is 76.5 cm³/mol. The maximum absolute atomic E-state index is 12.1. The van der Waals surface area contributed by atoms with E-state index in [1.165, 1.54) is 12.8 Å². The van der Waals surface area contributed by atoms with E-state index in [1.807, 2.05) is 0 Å². The minimum atomic E-state index is -0.840. The Bertz CT molecular complexity index is 366. The second-order valence-corrected chi connectivity index (χ2v) is 6.52. The zero-order chi connectivity index (χ0) is 14.6. The molecular weight excluding hydrogens is 256 g/mol. The van der Waals surface area contributed by atoms with E-state index in [0.29, 0.717) is 5.92 Å². The molecule has 2 amide bonds. The van der Waals surface area contributed by atoms with Crippen molar-refractivity contribution < 1.29 is 14.7 Å². The first kappa shape index (κ1) is 15.1. The minimum Gasteiger partial charge on any atom is -0.481 e. The van der Waals surface area contributed by atoms with Gasteiger partial charge in [-0.15, -0.1) is 0 Å². The van der Waals surface area contributed by atoms with Gasteiger partial charge in [-0.3, -0.25) is 4.79 Å². The molecule has 20 heavy (non-hydrogen) atoms. The fourth-order valence-corrected chi connectivity index (χ4v) is 3.39. The fraction of sp³-hybridized carbons (Fsp3) is 0.867. The maximum atomic E-state index is 12.1. The second kappa shape index (κ2) is 6.46. The first-order chi connectivity index (χ1) is 9.51. The number of rotatable bonds is 4. The maximum Gasteiger partial charge on any atom is 0.315 e. The van der Waals surface area contributed by atoms with Crippen LogP contribution in [0.15, 0.2) is 0 Å². The summed E-state index contributed by atoms with van der Waals surface area (Å²) in [5.74, 6) is -0.340. The summed E-state index contributed by atoms with van der Waals surface area (Å²) < 4.78 is 0. The van der Waals surface area contributed by atoms with E-state index in [1.54, 1.807) is 0 Å². The number of hydrogen-bond donors (Lipinski definition) is 3. The lowest BCUT2D eigenvalue weighted by Gasteiger charge is -2.41. The summed E-state index contributed by atoms with van der Waals surface area (Å²) in [5.41, 5.74) is -0.510. The molecule has 0 aromatic heterocycles. The minimum absolute atomic E-state index is 0.0284. The van der Waals surface area contributed by atoms with Gasteiger partial charge in [0.25, 0.3) is 0 Å². The molecule has 2 aliphatic rings. The number of aliphatic carboxylic acids is 1. The molecule has 2 unspecified atom stereocenters. The van der Waals surface area contributed by atoms with E-state index in [4.69, 9.17) is 5.11 Å². The number of hydrogen-bond acceptors (Lipinski definition) is 2. The smallest absolute Gasteiger partial charge is 0.315 e. The summed E-state index contributed by atoms with van der Waals surface area (Å²) in [7, 11) is 0. The standard InChI is InChI=1S/C15H26N2O3/c1-11-6-3-2-4-7-12(11)16-14(20)17-15(8-5-9-15)10-13(18)19/h11-12H,2-10H2,1H3,(H,18,19)(H2,16,17,20). The summed E-state index contributed by atoms with van der Waals surface area (Å²) in [6.45, 7) is 2.19. The van der Waals surface area contributed by atoms with E-state index in [0.717, 1.165) is 38.5 Å². The summed E-state index contributed by atoms with van der Waals surface area (Å²) >= 11 is 0. The Morgan fingerprint density at radius 1 is 1.15 bits per heavy atom. The average Bonchev–Trinajstić information content (AvgIpc) is 2.51. The van der Waals surface area contributed by atoms with Crippen molar-refractivity contribution in [1.29, 1.82) is 0 Å². The Hall–Kier alpha value is -1.26. The lowest BCUT2D eigenvalue weighted by Crippen LogP contribution is -2.58. The molecule has 0 aliphatic heterocycles. The molecule has 5 heteroatoms. The monoisotopic (exact) mass is 282 g/mol. The molecule has 2 aliphatic carbocycles. The zero-order valence-electron chi connectivity index (χ0n) is 12.3. The third-order valence-electron chi connectivity index (χ3n) is 4.86. The SMILES string of the molecule is CC1CCCCCC1NC(=O)NC1(CC(=O)O)CCC1. The van der Waals surface area contributed by atoms with Gasteiger partial charge in [0, 0.05) is 6.04 Å². The molecule has 0 heterocycles. The Balaban J connectivity index is 1.86. The summed E-state index contributed by atoms with van der Waals surface area (Å²) in [5, 5.41) is 14.9. The van der Waals surface area contributed by atoms with Crippen LogP contribution in [0.2, 0.25) is 0 Å². The van der Waals surface area contributed by atoms with Crippen molar-refractivity contribution >= 4 is 12.0 Å². The molecule has 3 N–H and O–H groups in total. The fourth-order valence-electron chi connectivity index (χ4n) is 3.39. The number of amides is 2. The van der Waals surface area contributed by atoms with Gasteiger partial charge in [0.1, 0.15) is 0 Å². The highest BCUT2D eigenvalue weighted by Gasteiger charge is 2.40. The van der Waals surface area contributed by atoms with Gasteiger partial charge in [-0.05, 0) is 38.0 Å². The zero-order valence-corrected chi connectivity index (χ0v) is 12.3. The van der Waals surface area contributed by atoms with Gasteiger partial charge in [0.2, 0.25) is 0 Å². The molecule has 0 aromatic rings. The molecule has 0 bridgehead atoms. The molecule has 2 saturated carbocycles. The first-order valence-corrected chi connectivity index (χ1v) is 7.81. The number of carboxylic acids is 1. The third-order valence-corrected chi connectivity index (χ3v) is 4.86. The van der Waals surface area contributed by atoms with Crippen LogP contribution in [-0.2, 0) is 4.79 Å². The Kier molecular flexibility index (Phi) is 4.89. The van der Waals surface area contributed by atoms with Crippen molar-refractivity contribution in [3.8, 4) is 0 Å². The van der Waals surface area contributed by atoms with Crippen LogP contribution in [0.4, 0.5) is 4.79 Å². The quantitative estimate of drug-likeness (QED) is 0.694. The Labute approximate surface area is 120 Å². The highest BCUT2D eigenvalue weighted by molar-refractivity contribution is 5.77. The molecule has 114 valence electrons. The van der Waals surface area contributed by atoms with E-state index >= 15 is 0 Å². The highest BCUT2D eigenvalue weighted by atomic mass is 16.4. The van der Waals surface area contributed by atoms with E-state index in [2.05, 4.69) is 17.6 Å². The molecule has 0 radical (unpaired) electrons. The molecule has 0 aromatic carbocycles. The summed E-state index contributed by atoms with van der Waals surface area (Å²) in [6, 6.07) is 0.0316. The van der Waals surface area contributed by atoms with E-state index in [9.17, 15) is 9.59 Å². The van der Waals surface area contributed by atoms with E-state index < -0.39 is 11.5 Å². The summed E-state index contributed by atoms with van der Waals surface area (Å²) in [4.78, 5) is 23.0. The largest absolute Gasteiger partial charge is 0.481 e. The molecule has 2 atom stereocenters. The normalized spacial score (nSPS) is 28.9. The van der Waals surface area contributed by atoms with Crippen LogP contribution in [0.1, 0.15) is 64.7 Å². The second-order valence-electron chi connectivity index (χ2n) is 6.52. The van der Waals surface area contributed by atoms with Gasteiger partial charge in [-0.1, -0.05) is 26.2 Å². The molecule has 0 spiro atoms. The molecule has 2 fully saturated rings. The molecular formula is C15H26N2O3. The highest BCUT2D eigenvalue weighted by Crippen LogP contribution is 2.35. The van der Waals surface area contributed by atoms with Crippen LogP contribution in [0.3, 0.4) is 0 Å². The summed E-state index contributed by atoms with van der Waals surface area (Å²) in [6.07, 6.45) is 8.40. The Morgan fingerprint density at radius 2 is 1.85 bits per heavy atom. The van der Waals surface area contributed by atoms with Gasteiger partial charge < -0.3 is 15.7 Å². The third kappa shape index (κ3) is 3.87. The van der Waals surface area contributed by atoms with Gasteiger partial charge >= 0.3 is 12.0 Å². The van der Waals surface area contributed by atoms with Crippen molar-refractivity contribution in [2.45, 2.75) is 76.3 Å². The van der Waals surface area contributed by atoms with Crippen LogP contribution in [0, 0.1) is 5.92 Å². The van der Waals surface area contributed by atoms with Gasteiger partial charge in [-0.25, -0.2) is 4.79 Å². The van der Waals surface area contributed by atoms with Gasteiger partial charge in [0.15, 0.2) is 0 Å². The van der Waals surface area contributed by atoms with Gasteiger partial charge in [0.05, 0.1) is 12.0 Å². The molecule has 2 rings (SSSR count). The number of carbonyl (C=O) groups excluding carboxylic acids is 1. The number of carbonyl (C=O) groups is 2. The van der Waals surface area contributed by atoms with Crippen molar-refractivity contribution in [3.63, 3.8) is 0 Å². The van der Waals surface area contributed by atoms with Crippen LogP contribution in [0.25, 0.3) is 0 Å². The predicted octanol–water partition coefficient (Wildman–Crippen LogP) is 2.65. The number of nitrogens with one attached hydrogen (secondary N) is 2. The van der Waals surface area contributed by atoms with Crippen LogP contribution in [-0.4, -0.2) is 28.7 Å². The van der Waals surface area contributed by atoms with Gasteiger partial charge in [-0.2, -0.15) is 0 Å². The Morgan fingerprint density at radius 3 is 2.45 bits per heavy atom. The molecule has 0 saturated heterocycles. The van der Waals surface area contributed by atoms with Crippen molar-refractivity contribution in [2.75, 3.05) is 0 Å². The lowest BCUT2D eigenvalue weighted by molar-refractivity contribution is -0.139. The van der Waals surface area contributed by atoms with Crippen LogP contribution in [0.5, 0.6) is 0 Å². The number of urea groups is 1. The van der Waals surface area contributed by atoms with Crippen LogP contribution >= 0.6 is 0 Å². The lowest BCUT2D eigenvalue weighted by atomic mass is 9.74.